The highest BCUT2D eigenvalue weighted by Crippen LogP contribution is 2.33. The maximum Gasteiger partial charge on any atom is 0.307 e. The van der Waals surface area contributed by atoms with Crippen LogP contribution in [-0.4, -0.2) is 23.5 Å². The second kappa shape index (κ2) is 2.87. The van der Waals surface area contributed by atoms with Crippen LogP contribution in [0.15, 0.2) is 12.2 Å². The maximum absolute atomic E-state index is 11.3. The van der Waals surface area contributed by atoms with E-state index in [0.29, 0.717) is 13.0 Å². The lowest BCUT2D eigenvalue weighted by Crippen LogP contribution is -2.33. The molecule has 0 aromatic rings. The van der Waals surface area contributed by atoms with Crippen LogP contribution in [0.1, 0.15) is 6.42 Å². The lowest BCUT2D eigenvalue weighted by atomic mass is 9.77. The van der Waals surface area contributed by atoms with Crippen molar-refractivity contribution in [3.8, 4) is 0 Å². The number of carboxylic acids is 1. The zero-order valence-electron chi connectivity index (χ0n) is 7.06. The van der Waals surface area contributed by atoms with E-state index in [0.717, 1.165) is 0 Å². The lowest BCUT2D eigenvalue weighted by Gasteiger charge is -2.23. The third-order valence-electron chi connectivity index (χ3n) is 2.80. The Morgan fingerprint density at radius 3 is 3.08 bits per heavy atom. The van der Waals surface area contributed by atoms with Crippen molar-refractivity contribution in [1.82, 2.24) is 5.32 Å². The summed E-state index contributed by atoms with van der Waals surface area (Å²) in [5.74, 6) is -1.76. The van der Waals surface area contributed by atoms with Gasteiger partial charge in [-0.2, -0.15) is 0 Å². The topological polar surface area (TPSA) is 66.4 Å². The van der Waals surface area contributed by atoms with E-state index in [1.807, 2.05) is 12.2 Å². The van der Waals surface area contributed by atoms with Gasteiger partial charge in [0.1, 0.15) is 0 Å². The lowest BCUT2D eigenvalue weighted by molar-refractivity contribution is -0.147. The Balaban J connectivity index is 2.27. The molecule has 0 unspecified atom stereocenters. The van der Waals surface area contributed by atoms with E-state index >= 15 is 0 Å². The van der Waals surface area contributed by atoms with Gasteiger partial charge in [-0.05, 0) is 6.42 Å². The number of amides is 1. The van der Waals surface area contributed by atoms with Crippen LogP contribution >= 0.6 is 0 Å². The summed E-state index contributed by atoms with van der Waals surface area (Å²) in [5, 5.41) is 11.6. The van der Waals surface area contributed by atoms with E-state index in [1.54, 1.807) is 0 Å². The van der Waals surface area contributed by atoms with Gasteiger partial charge >= 0.3 is 5.97 Å². The molecule has 1 aliphatic heterocycles. The van der Waals surface area contributed by atoms with Crippen LogP contribution in [0.3, 0.4) is 0 Å². The van der Waals surface area contributed by atoms with Gasteiger partial charge < -0.3 is 10.4 Å². The Morgan fingerprint density at radius 1 is 1.62 bits per heavy atom. The number of hydrogen-bond donors (Lipinski definition) is 2. The molecule has 1 amide bonds. The number of fused-ring (bicyclic) bond motifs is 1. The molecule has 0 aromatic heterocycles. The fourth-order valence-electron chi connectivity index (χ4n) is 2.13. The first-order valence-corrected chi connectivity index (χ1v) is 4.37. The van der Waals surface area contributed by atoms with Crippen LogP contribution < -0.4 is 5.32 Å². The number of carbonyl (C=O) groups is 2. The van der Waals surface area contributed by atoms with Crippen molar-refractivity contribution < 1.29 is 14.7 Å². The zero-order chi connectivity index (χ0) is 9.42. The Kier molecular flexibility index (Phi) is 1.83. The number of allylic oxidation sites excluding steroid dienone is 1. The molecule has 4 nitrogen and oxygen atoms in total. The Labute approximate surface area is 75.6 Å². The SMILES string of the molecule is O=C1NC[C@@H]2C=CC[C@@H](C(=O)O)[C@H]12. The molecule has 0 spiro atoms. The number of carboxylic acid groups (broad SMARTS) is 1. The predicted molar refractivity (Wildman–Crippen MR) is 44.9 cm³/mol. The summed E-state index contributed by atoms with van der Waals surface area (Å²) >= 11 is 0. The molecule has 1 saturated heterocycles. The molecule has 3 atom stereocenters. The average Bonchev–Trinajstić information content (AvgIpc) is 2.48. The minimum Gasteiger partial charge on any atom is -0.481 e. The largest absolute Gasteiger partial charge is 0.481 e. The van der Waals surface area contributed by atoms with Crippen LogP contribution in [0, 0.1) is 17.8 Å². The van der Waals surface area contributed by atoms with Crippen molar-refractivity contribution in [2.24, 2.45) is 17.8 Å². The number of aliphatic carboxylic acids is 1. The average molecular weight is 181 g/mol. The molecule has 13 heavy (non-hydrogen) atoms. The van der Waals surface area contributed by atoms with Crippen molar-refractivity contribution in [1.29, 1.82) is 0 Å². The first-order chi connectivity index (χ1) is 6.20. The fourth-order valence-corrected chi connectivity index (χ4v) is 2.13. The van der Waals surface area contributed by atoms with Gasteiger partial charge in [-0.25, -0.2) is 0 Å². The van der Waals surface area contributed by atoms with Crippen molar-refractivity contribution in [3.05, 3.63) is 12.2 Å². The molecule has 2 N–H and O–H groups in total. The standard InChI is InChI=1S/C9H11NO3/c11-8-7-5(4-10-8)2-1-3-6(7)9(12)13/h1-2,5-7H,3-4H2,(H,10,11)(H,12,13)/t5-,6+,7+/m0/s1. The monoisotopic (exact) mass is 181 g/mol. The summed E-state index contributed by atoms with van der Waals surface area (Å²) in [5.41, 5.74) is 0. The fraction of sp³-hybridized carbons (Fsp3) is 0.556. The van der Waals surface area contributed by atoms with Crippen molar-refractivity contribution in [2.45, 2.75) is 6.42 Å². The van der Waals surface area contributed by atoms with Crippen molar-refractivity contribution in [2.75, 3.05) is 6.54 Å². The van der Waals surface area contributed by atoms with Gasteiger partial charge in [0.25, 0.3) is 0 Å². The molecule has 0 bridgehead atoms. The van der Waals surface area contributed by atoms with Crippen LogP contribution in [0.5, 0.6) is 0 Å². The van der Waals surface area contributed by atoms with E-state index in [2.05, 4.69) is 5.32 Å². The summed E-state index contributed by atoms with van der Waals surface area (Å²) in [7, 11) is 0. The van der Waals surface area contributed by atoms with Gasteiger partial charge in [0.05, 0.1) is 11.8 Å². The summed E-state index contributed by atoms with van der Waals surface area (Å²) in [6.07, 6.45) is 4.28. The number of rotatable bonds is 1. The van der Waals surface area contributed by atoms with E-state index in [-0.39, 0.29) is 17.7 Å². The highest BCUT2D eigenvalue weighted by molar-refractivity contribution is 5.87. The van der Waals surface area contributed by atoms with E-state index < -0.39 is 11.9 Å². The molecule has 1 heterocycles. The normalized spacial score (nSPS) is 36.9. The van der Waals surface area contributed by atoms with Crippen LogP contribution in [-0.2, 0) is 9.59 Å². The van der Waals surface area contributed by atoms with Gasteiger partial charge in [0, 0.05) is 12.5 Å². The summed E-state index contributed by atoms with van der Waals surface area (Å²) < 4.78 is 0. The minimum atomic E-state index is -0.864. The van der Waals surface area contributed by atoms with Gasteiger partial charge in [0.15, 0.2) is 0 Å². The zero-order valence-corrected chi connectivity index (χ0v) is 7.06. The van der Waals surface area contributed by atoms with E-state index in [4.69, 9.17) is 5.11 Å². The van der Waals surface area contributed by atoms with Crippen molar-refractivity contribution in [3.63, 3.8) is 0 Å². The first kappa shape index (κ1) is 8.29. The smallest absolute Gasteiger partial charge is 0.307 e. The molecule has 2 aliphatic rings. The van der Waals surface area contributed by atoms with E-state index in [9.17, 15) is 9.59 Å². The van der Waals surface area contributed by atoms with Crippen LogP contribution in [0.25, 0.3) is 0 Å². The number of carbonyl (C=O) groups excluding carboxylic acids is 1. The third kappa shape index (κ3) is 1.22. The van der Waals surface area contributed by atoms with Gasteiger partial charge in [-0.3, -0.25) is 9.59 Å². The quantitative estimate of drug-likeness (QED) is 0.560. The predicted octanol–water partition coefficient (Wildman–Crippen LogP) is 0.00930. The minimum absolute atomic E-state index is 0.0855. The summed E-state index contributed by atoms with van der Waals surface area (Å²) in [4.78, 5) is 22.1. The molecule has 1 aliphatic carbocycles. The van der Waals surface area contributed by atoms with E-state index in [1.165, 1.54) is 0 Å². The summed E-state index contributed by atoms with van der Waals surface area (Å²) in [6, 6.07) is 0. The third-order valence-corrected chi connectivity index (χ3v) is 2.80. The molecule has 0 saturated carbocycles. The maximum atomic E-state index is 11.3. The molecule has 2 rings (SSSR count). The van der Waals surface area contributed by atoms with Gasteiger partial charge in [-0.1, -0.05) is 12.2 Å². The van der Waals surface area contributed by atoms with Crippen LogP contribution in [0.2, 0.25) is 0 Å². The second-order valence-corrected chi connectivity index (χ2v) is 3.54. The summed E-state index contributed by atoms with van der Waals surface area (Å²) in [6.45, 7) is 0.587. The number of hydrogen-bond acceptors (Lipinski definition) is 2. The molecule has 4 heteroatoms. The number of nitrogens with one attached hydrogen (secondary N) is 1. The highest BCUT2D eigenvalue weighted by atomic mass is 16.4. The van der Waals surface area contributed by atoms with Crippen LogP contribution in [0.4, 0.5) is 0 Å². The van der Waals surface area contributed by atoms with Gasteiger partial charge in [-0.15, -0.1) is 0 Å². The molecule has 1 fully saturated rings. The molecular formula is C9H11NO3. The molecule has 0 radical (unpaired) electrons. The van der Waals surface area contributed by atoms with Crippen molar-refractivity contribution >= 4 is 11.9 Å². The van der Waals surface area contributed by atoms with Gasteiger partial charge in [0.2, 0.25) is 5.91 Å². The molecular weight excluding hydrogens is 170 g/mol. The Hall–Kier alpha value is -1.32. The Morgan fingerprint density at radius 2 is 2.38 bits per heavy atom. The molecule has 70 valence electrons. The molecule has 0 aromatic carbocycles. The second-order valence-electron chi connectivity index (χ2n) is 3.54. The highest BCUT2D eigenvalue weighted by Gasteiger charge is 2.43. The first-order valence-electron chi connectivity index (χ1n) is 4.37. The Bertz CT molecular complexity index is 285.